The first-order valence-electron chi connectivity index (χ1n) is 14.0. The van der Waals surface area contributed by atoms with Crippen LogP contribution in [0.15, 0.2) is 40.9 Å². The Hall–Kier alpha value is -2.19. The van der Waals surface area contributed by atoms with Crippen LogP contribution in [0, 0.1) is 17.8 Å². The van der Waals surface area contributed by atoms with Gasteiger partial charge in [0.1, 0.15) is 11.6 Å². The van der Waals surface area contributed by atoms with Gasteiger partial charge in [0.2, 0.25) is 17.7 Å². The zero-order valence-corrected chi connectivity index (χ0v) is 22.9. The number of nitrogens with zero attached hydrogens (tertiary/aromatic N) is 1. The lowest BCUT2D eigenvalue weighted by Gasteiger charge is -2.42. The van der Waals surface area contributed by atoms with Gasteiger partial charge >= 0.3 is 0 Å². The molecule has 198 valence electrons. The van der Waals surface area contributed by atoms with Gasteiger partial charge in [0.25, 0.3) is 0 Å². The Bertz CT molecular complexity index is 1100. The van der Waals surface area contributed by atoms with Crippen molar-refractivity contribution in [3.63, 3.8) is 0 Å². The molecule has 0 aromatic heterocycles. The number of halogens is 1. The number of anilines is 1. The van der Waals surface area contributed by atoms with Crippen molar-refractivity contribution in [3.8, 4) is 0 Å². The Morgan fingerprint density at radius 2 is 1.70 bits per heavy atom. The van der Waals surface area contributed by atoms with Gasteiger partial charge in [0, 0.05) is 22.2 Å². The van der Waals surface area contributed by atoms with Crippen LogP contribution in [-0.4, -0.2) is 52.5 Å². The molecule has 2 bridgehead atoms. The Morgan fingerprint density at radius 3 is 2.43 bits per heavy atom. The third kappa shape index (κ3) is 4.24. The van der Waals surface area contributed by atoms with E-state index in [2.05, 4.69) is 33.5 Å². The molecule has 2 saturated carbocycles. The van der Waals surface area contributed by atoms with Crippen molar-refractivity contribution in [3.05, 3.63) is 40.9 Å². The van der Waals surface area contributed by atoms with E-state index in [-0.39, 0.29) is 29.8 Å². The number of likely N-dealkylation sites (tertiary alicyclic amines) is 1. The highest BCUT2D eigenvalue weighted by molar-refractivity contribution is 9.10. The second kappa shape index (κ2) is 9.84. The lowest BCUT2D eigenvalue weighted by atomic mass is 9.74. The van der Waals surface area contributed by atoms with Gasteiger partial charge in [-0.2, -0.15) is 0 Å². The molecule has 0 radical (unpaired) electrons. The number of benzene rings is 1. The summed E-state index contributed by atoms with van der Waals surface area (Å²) in [6.07, 6.45) is 12.8. The number of hydrogen-bond donors (Lipinski definition) is 2. The van der Waals surface area contributed by atoms with Gasteiger partial charge in [-0.25, -0.2) is 0 Å². The molecule has 2 N–H and O–H groups in total. The molecule has 1 aromatic carbocycles. The minimum Gasteiger partial charge on any atom is -0.359 e. The largest absolute Gasteiger partial charge is 0.359 e. The molecule has 6 rings (SSSR count). The second-order valence-electron chi connectivity index (χ2n) is 11.6. The molecule has 3 heterocycles. The second-order valence-corrected chi connectivity index (χ2v) is 12.5. The third-order valence-electron chi connectivity index (χ3n) is 9.35. The number of carbonyl (C=O) groups excluding carboxylic acids is 3. The summed E-state index contributed by atoms with van der Waals surface area (Å²) in [7, 11) is 0. The Morgan fingerprint density at radius 1 is 1.00 bits per heavy atom. The lowest BCUT2D eigenvalue weighted by Crippen LogP contribution is -2.59. The molecule has 0 unspecified atom stereocenters. The lowest BCUT2D eigenvalue weighted by molar-refractivity contribution is -0.146. The topological polar surface area (TPSA) is 87.7 Å². The first kappa shape index (κ1) is 25.1. The maximum atomic E-state index is 14.3. The van der Waals surface area contributed by atoms with Gasteiger partial charge < -0.3 is 20.3 Å². The highest BCUT2D eigenvalue weighted by Crippen LogP contribution is 2.56. The minimum atomic E-state index is -1.10. The van der Waals surface area contributed by atoms with Crippen LogP contribution >= 0.6 is 15.9 Å². The van der Waals surface area contributed by atoms with Gasteiger partial charge in [-0.05, 0) is 55.9 Å². The number of rotatable bonds is 5. The average Bonchev–Trinajstić information content (AvgIpc) is 3.54. The molecule has 1 spiro atoms. The fraction of sp³-hybridized carbons (Fsp3) is 0.621. The fourth-order valence-corrected chi connectivity index (χ4v) is 7.82. The molecular weight excluding hydrogens is 534 g/mol. The number of nitrogens with one attached hydrogen (secondary N) is 2. The van der Waals surface area contributed by atoms with Gasteiger partial charge in [-0.3, -0.25) is 14.4 Å². The van der Waals surface area contributed by atoms with E-state index in [1.165, 1.54) is 6.42 Å². The highest BCUT2D eigenvalue weighted by Gasteiger charge is 2.73. The smallest absolute Gasteiger partial charge is 0.246 e. The molecule has 7 atom stereocenters. The van der Waals surface area contributed by atoms with Crippen LogP contribution in [0.4, 0.5) is 5.69 Å². The molecule has 1 aromatic rings. The van der Waals surface area contributed by atoms with E-state index in [4.69, 9.17) is 4.74 Å². The summed E-state index contributed by atoms with van der Waals surface area (Å²) in [6, 6.07) is 6.76. The molecule has 3 aliphatic heterocycles. The summed E-state index contributed by atoms with van der Waals surface area (Å²) in [5.41, 5.74) is -0.428. The third-order valence-corrected chi connectivity index (χ3v) is 9.88. The van der Waals surface area contributed by atoms with Crippen LogP contribution < -0.4 is 10.6 Å². The first-order chi connectivity index (χ1) is 17.9. The maximum absolute atomic E-state index is 14.3. The van der Waals surface area contributed by atoms with E-state index in [0.717, 1.165) is 55.8 Å². The summed E-state index contributed by atoms with van der Waals surface area (Å²) in [4.78, 5) is 43.8. The number of amides is 3. The maximum Gasteiger partial charge on any atom is 0.246 e. The number of carbonyl (C=O) groups is 3. The Labute approximate surface area is 226 Å². The predicted molar refractivity (Wildman–Crippen MR) is 144 cm³/mol. The minimum absolute atomic E-state index is 0.0189. The number of hydrogen-bond acceptors (Lipinski definition) is 4. The number of ether oxygens (including phenoxy) is 1. The normalized spacial score (nSPS) is 37.0. The zero-order chi connectivity index (χ0) is 25.7. The molecule has 5 aliphatic rings. The molecule has 7 nitrogen and oxygen atoms in total. The van der Waals surface area contributed by atoms with Gasteiger partial charge in [-0.15, -0.1) is 0 Å². The zero-order valence-electron chi connectivity index (χ0n) is 21.3. The summed E-state index contributed by atoms with van der Waals surface area (Å²) in [5.74, 6) is -1.54. The summed E-state index contributed by atoms with van der Waals surface area (Å²) < 4.78 is 7.44. The van der Waals surface area contributed by atoms with Gasteiger partial charge in [-0.1, -0.05) is 67.1 Å². The van der Waals surface area contributed by atoms with Crippen LogP contribution in [0.2, 0.25) is 0 Å². The number of fused-ring (bicyclic) bond motifs is 1. The van der Waals surface area contributed by atoms with Crippen molar-refractivity contribution in [1.29, 1.82) is 0 Å². The highest BCUT2D eigenvalue weighted by atomic mass is 79.9. The molecule has 2 saturated heterocycles. The van der Waals surface area contributed by atoms with E-state index >= 15 is 0 Å². The molecule has 8 heteroatoms. The van der Waals surface area contributed by atoms with Crippen molar-refractivity contribution in [2.24, 2.45) is 17.8 Å². The molecule has 37 heavy (non-hydrogen) atoms. The summed E-state index contributed by atoms with van der Waals surface area (Å²) in [5, 5.41) is 6.29. The molecule has 4 fully saturated rings. The molecular formula is C29H36BrN3O4. The quantitative estimate of drug-likeness (QED) is 0.508. The van der Waals surface area contributed by atoms with Gasteiger partial charge in [0.05, 0.1) is 17.9 Å². The Kier molecular flexibility index (Phi) is 6.68. The van der Waals surface area contributed by atoms with E-state index in [0.29, 0.717) is 11.6 Å². The van der Waals surface area contributed by atoms with E-state index in [1.54, 1.807) is 0 Å². The fourth-order valence-electron chi connectivity index (χ4n) is 7.56. The van der Waals surface area contributed by atoms with Crippen LogP contribution in [0.3, 0.4) is 0 Å². The van der Waals surface area contributed by atoms with E-state index in [1.807, 2.05) is 41.3 Å². The average molecular weight is 571 g/mol. The van der Waals surface area contributed by atoms with Crippen molar-refractivity contribution < 1.29 is 19.1 Å². The van der Waals surface area contributed by atoms with Crippen molar-refractivity contribution in [2.45, 2.75) is 94.5 Å². The van der Waals surface area contributed by atoms with Crippen LogP contribution in [0.1, 0.15) is 64.7 Å². The van der Waals surface area contributed by atoms with Crippen LogP contribution in [0.25, 0.3) is 0 Å². The van der Waals surface area contributed by atoms with Crippen LogP contribution in [0.5, 0.6) is 0 Å². The summed E-state index contributed by atoms with van der Waals surface area (Å²) >= 11 is 3.42. The first-order valence-corrected chi connectivity index (χ1v) is 14.7. The monoisotopic (exact) mass is 569 g/mol. The Balaban J connectivity index is 1.33. The van der Waals surface area contributed by atoms with Gasteiger partial charge in [0.15, 0.2) is 0 Å². The summed E-state index contributed by atoms with van der Waals surface area (Å²) in [6.45, 7) is 2.19. The van der Waals surface area contributed by atoms with Crippen molar-refractivity contribution >= 4 is 39.3 Å². The van der Waals surface area contributed by atoms with Crippen LogP contribution in [-0.2, 0) is 19.1 Å². The van der Waals surface area contributed by atoms with E-state index < -0.39 is 29.6 Å². The standard InChI is InChI=1S/C29H36BrN3O4/c1-17-7-5-6-10-21(17)33-25(27(35)32-19-8-3-2-4-9-19)29-16-15-22(37-29)23(24(29)28(33)36)26(34)31-20-13-11-18(30)12-14-20/h11-17,19,21-25H,2-10H2,1H3,(H,31,34)(H,32,35)/t17-,21+,22-,23+,24-,25-,29+/m1/s1. The molecule has 2 aliphatic carbocycles. The molecule has 3 amide bonds. The van der Waals surface area contributed by atoms with Crippen molar-refractivity contribution in [2.75, 3.05) is 5.32 Å². The van der Waals surface area contributed by atoms with Crippen molar-refractivity contribution in [1.82, 2.24) is 10.2 Å². The van der Waals surface area contributed by atoms with E-state index in [9.17, 15) is 14.4 Å². The SMILES string of the molecule is C[C@@H]1CCCC[C@@H]1N1C(=O)[C@H]2[C@@H](C(=O)Nc3ccc(Br)cc3)[C@H]3C=C[C@@]2(O3)[C@H]1C(=O)NC1CCCCC1. The predicted octanol–water partition coefficient (Wildman–Crippen LogP) is 4.57.